The lowest BCUT2D eigenvalue weighted by Gasteiger charge is -2.30. The van der Waals surface area contributed by atoms with Crippen LogP contribution in [0.3, 0.4) is 0 Å². The first kappa shape index (κ1) is 14.3. The number of rotatable bonds is 3. The number of anilines is 1. The molecule has 1 fully saturated rings. The number of carboxylic acid groups (broad SMARTS) is 1. The zero-order valence-corrected chi connectivity index (χ0v) is 11.0. The van der Waals surface area contributed by atoms with Crippen LogP contribution in [0.4, 0.5) is 10.5 Å². The van der Waals surface area contributed by atoms with Crippen molar-refractivity contribution in [2.24, 2.45) is 0 Å². The van der Waals surface area contributed by atoms with Crippen molar-refractivity contribution in [3.05, 3.63) is 24.0 Å². The summed E-state index contributed by atoms with van der Waals surface area (Å²) >= 11 is 0. The van der Waals surface area contributed by atoms with Crippen LogP contribution in [-0.2, 0) is 11.2 Å². The SMILES string of the molecule is O=C(O)Cc1ccc(NC(=O)N2CCCC(O)C2)cn1. The Kier molecular flexibility index (Phi) is 4.52. The van der Waals surface area contributed by atoms with Gasteiger partial charge in [0, 0.05) is 13.1 Å². The number of amides is 2. The van der Waals surface area contributed by atoms with Crippen LogP contribution < -0.4 is 5.32 Å². The standard InChI is InChI=1S/C13H17N3O4/c17-11-2-1-5-16(8-11)13(20)15-10-4-3-9(14-7-10)6-12(18)19/h3-4,7,11,17H,1-2,5-6,8H2,(H,15,20)(H,18,19). The zero-order valence-electron chi connectivity index (χ0n) is 11.0. The van der Waals surface area contributed by atoms with E-state index in [1.807, 2.05) is 0 Å². The van der Waals surface area contributed by atoms with Gasteiger partial charge >= 0.3 is 12.0 Å². The summed E-state index contributed by atoms with van der Waals surface area (Å²) in [5, 5.41) is 20.8. The second-order valence-corrected chi connectivity index (χ2v) is 4.78. The fraction of sp³-hybridized carbons (Fsp3) is 0.462. The molecule has 2 amide bonds. The second-order valence-electron chi connectivity index (χ2n) is 4.78. The minimum absolute atomic E-state index is 0.146. The molecule has 1 aliphatic rings. The smallest absolute Gasteiger partial charge is 0.321 e. The Bertz CT molecular complexity index is 489. The molecule has 0 aromatic carbocycles. The Balaban J connectivity index is 1.92. The predicted octanol–water partition coefficient (Wildman–Crippen LogP) is 0.697. The first-order valence-electron chi connectivity index (χ1n) is 6.45. The summed E-state index contributed by atoms with van der Waals surface area (Å²) in [6.45, 7) is 0.948. The van der Waals surface area contributed by atoms with Gasteiger partial charge in [0.1, 0.15) is 0 Å². The van der Waals surface area contributed by atoms with Gasteiger partial charge in [0.2, 0.25) is 0 Å². The van der Waals surface area contributed by atoms with Crippen molar-refractivity contribution < 1.29 is 19.8 Å². The fourth-order valence-corrected chi connectivity index (χ4v) is 2.10. The van der Waals surface area contributed by atoms with Gasteiger partial charge in [0.25, 0.3) is 0 Å². The van der Waals surface area contributed by atoms with Crippen molar-refractivity contribution in [3.8, 4) is 0 Å². The van der Waals surface area contributed by atoms with Crippen LogP contribution in [0.15, 0.2) is 18.3 Å². The molecule has 1 aliphatic heterocycles. The van der Waals surface area contributed by atoms with E-state index in [1.165, 1.54) is 6.20 Å². The summed E-state index contributed by atoms with van der Waals surface area (Å²) in [4.78, 5) is 28.0. The summed E-state index contributed by atoms with van der Waals surface area (Å²) in [7, 11) is 0. The highest BCUT2D eigenvalue weighted by Crippen LogP contribution is 2.13. The largest absolute Gasteiger partial charge is 0.481 e. The molecule has 20 heavy (non-hydrogen) atoms. The van der Waals surface area contributed by atoms with Crippen molar-refractivity contribution in [3.63, 3.8) is 0 Å². The number of nitrogens with zero attached hydrogens (tertiary/aromatic N) is 2. The Morgan fingerprint density at radius 3 is 2.85 bits per heavy atom. The molecule has 1 aromatic rings. The Morgan fingerprint density at radius 1 is 1.45 bits per heavy atom. The van der Waals surface area contributed by atoms with Crippen molar-refractivity contribution in [1.29, 1.82) is 0 Å². The highest BCUT2D eigenvalue weighted by molar-refractivity contribution is 5.89. The van der Waals surface area contributed by atoms with E-state index in [4.69, 9.17) is 5.11 Å². The molecule has 0 aliphatic carbocycles. The quantitative estimate of drug-likeness (QED) is 0.755. The molecule has 1 unspecified atom stereocenters. The summed E-state index contributed by atoms with van der Waals surface area (Å²) < 4.78 is 0. The fourth-order valence-electron chi connectivity index (χ4n) is 2.10. The molecule has 0 spiro atoms. The number of hydrogen-bond acceptors (Lipinski definition) is 4. The number of carboxylic acids is 1. The van der Waals surface area contributed by atoms with Gasteiger partial charge in [-0.1, -0.05) is 0 Å². The average molecular weight is 279 g/mol. The van der Waals surface area contributed by atoms with Crippen molar-refractivity contribution in [1.82, 2.24) is 9.88 Å². The van der Waals surface area contributed by atoms with E-state index < -0.39 is 12.1 Å². The highest BCUT2D eigenvalue weighted by atomic mass is 16.4. The molecular weight excluding hydrogens is 262 g/mol. The molecule has 2 rings (SSSR count). The van der Waals surface area contributed by atoms with Gasteiger partial charge in [-0.3, -0.25) is 9.78 Å². The van der Waals surface area contributed by atoms with Crippen LogP contribution >= 0.6 is 0 Å². The Morgan fingerprint density at radius 2 is 2.25 bits per heavy atom. The van der Waals surface area contributed by atoms with E-state index in [-0.39, 0.29) is 12.5 Å². The molecule has 0 saturated carbocycles. The van der Waals surface area contributed by atoms with Gasteiger partial charge in [0.15, 0.2) is 0 Å². The Labute approximate surface area is 116 Å². The van der Waals surface area contributed by atoms with E-state index in [0.29, 0.717) is 24.5 Å². The predicted molar refractivity (Wildman–Crippen MR) is 71.4 cm³/mol. The molecule has 1 atom stereocenters. The monoisotopic (exact) mass is 279 g/mol. The maximum Gasteiger partial charge on any atom is 0.321 e. The maximum absolute atomic E-state index is 12.0. The van der Waals surface area contributed by atoms with Crippen molar-refractivity contribution in [2.45, 2.75) is 25.4 Å². The minimum Gasteiger partial charge on any atom is -0.481 e. The molecule has 3 N–H and O–H groups in total. The minimum atomic E-state index is -0.948. The number of piperidine rings is 1. The summed E-state index contributed by atoms with van der Waals surface area (Å²) in [6, 6.07) is 2.90. The number of aliphatic hydroxyl groups is 1. The van der Waals surface area contributed by atoms with E-state index in [0.717, 1.165) is 12.8 Å². The molecule has 1 saturated heterocycles. The maximum atomic E-state index is 12.0. The number of pyridine rings is 1. The lowest BCUT2D eigenvalue weighted by molar-refractivity contribution is -0.136. The summed E-state index contributed by atoms with van der Waals surface area (Å²) in [5.41, 5.74) is 0.938. The number of carbonyl (C=O) groups is 2. The van der Waals surface area contributed by atoms with Crippen molar-refractivity contribution >= 4 is 17.7 Å². The number of aliphatic carboxylic acids is 1. The van der Waals surface area contributed by atoms with Crippen molar-refractivity contribution in [2.75, 3.05) is 18.4 Å². The number of urea groups is 1. The number of carbonyl (C=O) groups excluding carboxylic acids is 1. The average Bonchev–Trinajstić information content (AvgIpc) is 2.40. The third kappa shape index (κ3) is 3.92. The summed E-state index contributed by atoms with van der Waals surface area (Å²) in [5.74, 6) is -0.948. The van der Waals surface area contributed by atoms with Gasteiger partial charge in [-0.15, -0.1) is 0 Å². The van der Waals surface area contributed by atoms with E-state index >= 15 is 0 Å². The van der Waals surface area contributed by atoms with Gasteiger partial charge in [-0.25, -0.2) is 4.79 Å². The lowest BCUT2D eigenvalue weighted by Crippen LogP contribution is -2.44. The van der Waals surface area contributed by atoms with Crippen LogP contribution in [0, 0.1) is 0 Å². The van der Waals surface area contributed by atoms with E-state index in [2.05, 4.69) is 10.3 Å². The molecule has 1 aromatic heterocycles. The summed E-state index contributed by atoms with van der Waals surface area (Å²) in [6.07, 6.45) is 2.31. The van der Waals surface area contributed by atoms with Crippen LogP contribution in [-0.4, -0.2) is 51.3 Å². The van der Waals surface area contributed by atoms with E-state index in [1.54, 1.807) is 17.0 Å². The van der Waals surface area contributed by atoms with Crippen LogP contribution in [0.5, 0.6) is 0 Å². The molecule has 108 valence electrons. The number of hydrogen-bond donors (Lipinski definition) is 3. The Hall–Kier alpha value is -2.15. The number of nitrogens with one attached hydrogen (secondary N) is 1. The zero-order chi connectivity index (χ0) is 14.5. The number of likely N-dealkylation sites (tertiary alicyclic amines) is 1. The third-order valence-corrected chi connectivity index (χ3v) is 3.09. The van der Waals surface area contributed by atoms with Gasteiger partial charge < -0.3 is 20.4 Å². The second kappa shape index (κ2) is 6.33. The van der Waals surface area contributed by atoms with Crippen LogP contribution in [0.25, 0.3) is 0 Å². The number of aromatic nitrogens is 1. The topological polar surface area (TPSA) is 103 Å². The molecular formula is C13H17N3O4. The molecule has 0 bridgehead atoms. The lowest BCUT2D eigenvalue weighted by atomic mass is 10.1. The highest BCUT2D eigenvalue weighted by Gasteiger charge is 2.21. The molecule has 2 heterocycles. The van der Waals surface area contributed by atoms with Gasteiger partial charge in [0.05, 0.1) is 30.1 Å². The van der Waals surface area contributed by atoms with Crippen LogP contribution in [0.1, 0.15) is 18.5 Å². The molecule has 0 radical (unpaired) electrons. The van der Waals surface area contributed by atoms with Gasteiger partial charge in [-0.05, 0) is 25.0 Å². The number of aliphatic hydroxyl groups excluding tert-OH is 1. The normalized spacial score (nSPS) is 18.6. The number of β-amino-alcohol motifs (C(OH)–C–C–N with tert-alkyl or cyclic N) is 1. The van der Waals surface area contributed by atoms with Crippen LogP contribution in [0.2, 0.25) is 0 Å². The third-order valence-electron chi connectivity index (χ3n) is 3.09. The van der Waals surface area contributed by atoms with Gasteiger partial charge in [-0.2, -0.15) is 0 Å². The first-order valence-corrected chi connectivity index (χ1v) is 6.45. The van der Waals surface area contributed by atoms with E-state index in [9.17, 15) is 14.7 Å². The molecule has 7 heteroatoms. The first-order chi connectivity index (χ1) is 9.54. The molecule has 7 nitrogen and oxygen atoms in total.